The zero-order valence-electron chi connectivity index (χ0n) is 7.19. The van der Waals surface area contributed by atoms with Crippen molar-refractivity contribution in [2.24, 2.45) is 0 Å². The van der Waals surface area contributed by atoms with Crippen LogP contribution in [-0.4, -0.2) is 12.3 Å². The van der Waals surface area contributed by atoms with Gasteiger partial charge >= 0.3 is 0 Å². The minimum absolute atomic E-state index is 0.477. The number of carboxylic acids is 1. The molecule has 0 radical (unpaired) electrons. The van der Waals surface area contributed by atoms with Gasteiger partial charge in [-0.2, -0.15) is 0 Å². The quantitative estimate of drug-likeness (QED) is 0.626. The second-order valence-corrected chi connectivity index (χ2v) is 2.83. The minimum atomic E-state index is -1.14. The number of carbonyl (C=O) groups excluding carboxylic acids is 2. The summed E-state index contributed by atoms with van der Waals surface area (Å²) < 4.78 is 0. The molecule has 0 aromatic heterocycles. The Hall–Kier alpha value is -1.64. The predicted molar refractivity (Wildman–Crippen MR) is 45.3 cm³/mol. The first kappa shape index (κ1) is 9.45. The van der Waals surface area contributed by atoms with Gasteiger partial charge in [0.25, 0.3) is 0 Å². The zero-order valence-corrected chi connectivity index (χ0v) is 7.19. The van der Waals surface area contributed by atoms with Gasteiger partial charge in [-0.05, 0) is 11.6 Å². The van der Waals surface area contributed by atoms with E-state index in [-0.39, 0.29) is 0 Å². The fourth-order valence-electron chi connectivity index (χ4n) is 1.04. The lowest BCUT2D eigenvalue weighted by Gasteiger charge is -2.12. The van der Waals surface area contributed by atoms with Crippen molar-refractivity contribution in [3.8, 4) is 0 Å². The SMILES string of the molecule is CC(C(=O)[O-])c1cccc(C=O)c1. The van der Waals surface area contributed by atoms with Gasteiger partial charge in [0.15, 0.2) is 0 Å². The molecule has 0 heterocycles. The molecule has 1 aromatic rings. The Morgan fingerprint density at radius 1 is 1.54 bits per heavy atom. The molecule has 0 amide bonds. The van der Waals surface area contributed by atoms with Gasteiger partial charge < -0.3 is 9.90 Å². The molecule has 3 heteroatoms. The number of hydrogen-bond donors (Lipinski definition) is 0. The van der Waals surface area contributed by atoms with E-state index in [0.717, 1.165) is 0 Å². The maximum Gasteiger partial charge on any atom is 0.150 e. The van der Waals surface area contributed by atoms with E-state index in [0.29, 0.717) is 17.4 Å². The van der Waals surface area contributed by atoms with Gasteiger partial charge in [-0.15, -0.1) is 0 Å². The summed E-state index contributed by atoms with van der Waals surface area (Å²) in [7, 11) is 0. The third-order valence-corrected chi connectivity index (χ3v) is 1.90. The summed E-state index contributed by atoms with van der Waals surface area (Å²) >= 11 is 0. The highest BCUT2D eigenvalue weighted by Gasteiger charge is 2.05. The van der Waals surface area contributed by atoms with Crippen molar-refractivity contribution in [2.75, 3.05) is 0 Å². The van der Waals surface area contributed by atoms with Crippen LogP contribution in [0, 0.1) is 0 Å². The van der Waals surface area contributed by atoms with E-state index < -0.39 is 11.9 Å². The van der Waals surface area contributed by atoms with Crippen LogP contribution < -0.4 is 5.11 Å². The van der Waals surface area contributed by atoms with E-state index in [4.69, 9.17) is 0 Å². The molecule has 1 aromatic carbocycles. The molecule has 0 aliphatic carbocycles. The Balaban J connectivity index is 3.01. The standard InChI is InChI=1S/C10H10O3/c1-7(10(12)13)9-4-2-3-8(5-9)6-11/h2-7H,1H3,(H,12,13)/p-1. The predicted octanol–water partition coefficient (Wildman–Crippen LogP) is 0.352. The van der Waals surface area contributed by atoms with E-state index in [1.807, 2.05) is 0 Å². The Labute approximate surface area is 76.0 Å². The number of rotatable bonds is 3. The van der Waals surface area contributed by atoms with Gasteiger partial charge in [-0.25, -0.2) is 0 Å². The van der Waals surface area contributed by atoms with Crippen LogP contribution >= 0.6 is 0 Å². The lowest BCUT2D eigenvalue weighted by atomic mass is 10.00. The number of carbonyl (C=O) groups is 2. The smallest absolute Gasteiger partial charge is 0.150 e. The van der Waals surface area contributed by atoms with Gasteiger partial charge in [0.1, 0.15) is 6.29 Å². The van der Waals surface area contributed by atoms with E-state index in [9.17, 15) is 14.7 Å². The highest BCUT2D eigenvalue weighted by molar-refractivity contribution is 5.78. The summed E-state index contributed by atoms with van der Waals surface area (Å²) in [5, 5.41) is 10.5. The lowest BCUT2D eigenvalue weighted by Crippen LogP contribution is -2.27. The molecule has 13 heavy (non-hydrogen) atoms. The Bertz CT molecular complexity index is 331. The molecule has 3 nitrogen and oxygen atoms in total. The van der Waals surface area contributed by atoms with Crippen LogP contribution in [-0.2, 0) is 4.79 Å². The molecule has 1 rings (SSSR count). The highest BCUT2D eigenvalue weighted by Crippen LogP contribution is 2.14. The Morgan fingerprint density at radius 3 is 2.77 bits per heavy atom. The molecule has 1 unspecified atom stereocenters. The van der Waals surface area contributed by atoms with E-state index in [1.165, 1.54) is 6.92 Å². The van der Waals surface area contributed by atoms with Gasteiger partial charge in [0, 0.05) is 17.5 Å². The summed E-state index contributed by atoms with van der Waals surface area (Å²) in [5.41, 5.74) is 1.07. The number of hydrogen-bond acceptors (Lipinski definition) is 3. The number of benzene rings is 1. The molecule has 0 saturated carbocycles. The second kappa shape index (κ2) is 3.85. The van der Waals surface area contributed by atoms with Gasteiger partial charge in [-0.1, -0.05) is 25.1 Å². The fraction of sp³-hybridized carbons (Fsp3) is 0.200. The molecule has 0 N–H and O–H groups in total. The van der Waals surface area contributed by atoms with Crippen LogP contribution in [0.2, 0.25) is 0 Å². The first-order chi connectivity index (χ1) is 6.15. The second-order valence-electron chi connectivity index (χ2n) is 2.83. The van der Waals surface area contributed by atoms with Crippen molar-refractivity contribution >= 4 is 12.3 Å². The van der Waals surface area contributed by atoms with Crippen molar-refractivity contribution in [1.29, 1.82) is 0 Å². The van der Waals surface area contributed by atoms with Gasteiger partial charge in [-0.3, -0.25) is 4.79 Å². The van der Waals surface area contributed by atoms with E-state index >= 15 is 0 Å². The van der Waals surface area contributed by atoms with Crippen molar-refractivity contribution in [3.63, 3.8) is 0 Å². The first-order valence-electron chi connectivity index (χ1n) is 3.91. The average Bonchev–Trinajstić information content (AvgIpc) is 2.16. The van der Waals surface area contributed by atoms with E-state index in [1.54, 1.807) is 24.3 Å². The lowest BCUT2D eigenvalue weighted by molar-refractivity contribution is -0.307. The molecule has 1 atom stereocenters. The van der Waals surface area contributed by atoms with Crippen molar-refractivity contribution in [1.82, 2.24) is 0 Å². The molecule has 0 saturated heterocycles. The van der Waals surface area contributed by atoms with Crippen LogP contribution in [0.25, 0.3) is 0 Å². The summed E-state index contributed by atoms with van der Waals surface area (Å²) in [5.74, 6) is -1.82. The summed E-state index contributed by atoms with van der Waals surface area (Å²) in [6.07, 6.45) is 0.686. The normalized spacial score (nSPS) is 12.1. The van der Waals surface area contributed by atoms with Crippen LogP contribution in [0.15, 0.2) is 24.3 Å². The van der Waals surface area contributed by atoms with Crippen molar-refractivity contribution < 1.29 is 14.7 Å². The maximum absolute atomic E-state index is 10.5. The summed E-state index contributed by atoms with van der Waals surface area (Å²) in [4.78, 5) is 20.9. The molecule has 0 aliphatic heterocycles. The van der Waals surface area contributed by atoms with Gasteiger partial charge in [0.05, 0.1) is 0 Å². The average molecular weight is 177 g/mol. The fourth-order valence-corrected chi connectivity index (χ4v) is 1.04. The molecule has 0 fully saturated rings. The summed E-state index contributed by atoms with van der Waals surface area (Å²) in [6.45, 7) is 1.53. The number of aliphatic carboxylic acids is 1. The molecular formula is C10H9O3-. The number of carboxylic acid groups (broad SMARTS) is 1. The third-order valence-electron chi connectivity index (χ3n) is 1.90. The largest absolute Gasteiger partial charge is 0.550 e. The monoisotopic (exact) mass is 177 g/mol. The zero-order chi connectivity index (χ0) is 9.84. The third kappa shape index (κ3) is 2.15. The highest BCUT2D eigenvalue weighted by atomic mass is 16.4. The molecular weight excluding hydrogens is 168 g/mol. The molecule has 68 valence electrons. The topological polar surface area (TPSA) is 57.2 Å². The maximum atomic E-state index is 10.5. The van der Waals surface area contributed by atoms with Gasteiger partial charge in [0.2, 0.25) is 0 Å². The van der Waals surface area contributed by atoms with Crippen LogP contribution in [0.3, 0.4) is 0 Å². The van der Waals surface area contributed by atoms with Crippen LogP contribution in [0.4, 0.5) is 0 Å². The minimum Gasteiger partial charge on any atom is -0.550 e. The van der Waals surface area contributed by atoms with Crippen LogP contribution in [0.5, 0.6) is 0 Å². The van der Waals surface area contributed by atoms with Crippen molar-refractivity contribution in [3.05, 3.63) is 35.4 Å². The van der Waals surface area contributed by atoms with Crippen molar-refractivity contribution in [2.45, 2.75) is 12.8 Å². The Kier molecular flexibility index (Phi) is 2.80. The molecule has 0 aliphatic rings. The Morgan fingerprint density at radius 2 is 2.23 bits per heavy atom. The van der Waals surface area contributed by atoms with E-state index in [2.05, 4.69) is 0 Å². The molecule has 0 spiro atoms. The van der Waals surface area contributed by atoms with Crippen LogP contribution in [0.1, 0.15) is 28.8 Å². The molecule has 0 bridgehead atoms. The first-order valence-corrected chi connectivity index (χ1v) is 3.91. The number of aldehydes is 1. The summed E-state index contributed by atoms with van der Waals surface area (Å²) in [6, 6.07) is 6.48.